The highest BCUT2D eigenvalue weighted by Crippen LogP contribution is 2.34. The Kier molecular flexibility index (Phi) is 2.86. The van der Waals surface area contributed by atoms with Gasteiger partial charge in [-0.25, -0.2) is 4.39 Å². The van der Waals surface area contributed by atoms with E-state index in [1.54, 1.807) is 6.07 Å². The van der Waals surface area contributed by atoms with Gasteiger partial charge in [-0.1, -0.05) is 16.8 Å². The van der Waals surface area contributed by atoms with E-state index in [4.69, 9.17) is 16.1 Å². The minimum Gasteiger partial charge on any atom is -0.362 e. The Morgan fingerprint density at radius 1 is 1.35 bits per heavy atom. The van der Waals surface area contributed by atoms with E-state index in [0.29, 0.717) is 23.4 Å². The standard InChI is InChI=1S/C14H15ClFN3O/c15-12-10(16)2-1-9-13(12)20-18-14(9)17-11-7-19-5-3-8(11)4-6-19/h1-2,8,11H,3-7H2,(H,17,18)/t11-/m1/s1. The summed E-state index contributed by atoms with van der Waals surface area (Å²) in [6.45, 7) is 3.42. The Hall–Kier alpha value is -1.33. The van der Waals surface area contributed by atoms with Crippen molar-refractivity contribution in [2.24, 2.45) is 5.92 Å². The molecule has 1 aromatic heterocycles. The van der Waals surface area contributed by atoms with Crippen molar-refractivity contribution in [1.82, 2.24) is 10.1 Å². The quantitative estimate of drug-likeness (QED) is 0.924. The number of fused-ring (bicyclic) bond motifs is 4. The van der Waals surface area contributed by atoms with Gasteiger partial charge in [-0.15, -0.1) is 0 Å². The van der Waals surface area contributed by atoms with Crippen LogP contribution in [0, 0.1) is 11.7 Å². The molecule has 4 nitrogen and oxygen atoms in total. The smallest absolute Gasteiger partial charge is 0.190 e. The molecule has 3 saturated heterocycles. The number of halogens is 2. The third-order valence-corrected chi connectivity index (χ3v) is 4.86. The third-order valence-electron chi connectivity index (χ3n) is 4.51. The Bertz CT molecular complexity index is 651. The van der Waals surface area contributed by atoms with Gasteiger partial charge in [-0.05, 0) is 44.0 Å². The number of hydrogen-bond donors (Lipinski definition) is 1. The van der Waals surface area contributed by atoms with Crippen LogP contribution in [-0.2, 0) is 0 Å². The fourth-order valence-corrected chi connectivity index (χ4v) is 3.56. The van der Waals surface area contributed by atoms with Crippen LogP contribution in [0.1, 0.15) is 12.8 Å². The number of aromatic nitrogens is 1. The summed E-state index contributed by atoms with van der Waals surface area (Å²) in [4.78, 5) is 2.46. The number of rotatable bonds is 2. The highest BCUT2D eigenvalue weighted by Gasteiger charge is 2.34. The van der Waals surface area contributed by atoms with E-state index in [0.717, 1.165) is 11.9 Å². The molecule has 0 saturated carbocycles. The van der Waals surface area contributed by atoms with E-state index in [9.17, 15) is 4.39 Å². The molecule has 3 aliphatic rings. The molecule has 6 heteroatoms. The fourth-order valence-electron chi connectivity index (χ4n) is 3.36. The summed E-state index contributed by atoms with van der Waals surface area (Å²) in [5.41, 5.74) is 0.315. The molecule has 1 aromatic carbocycles. The maximum absolute atomic E-state index is 13.4. The second-order valence-corrected chi connectivity index (χ2v) is 6.04. The summed E-state index contributed by atoms with van der Waals surface area (Å²) >= 11 is 5.90. The van der Waals surface area contributed by atoms with Crippen LogP contribution in [-0.4, -0.2) is 35.7 Å². The average molecular weight is 296 g/mol. The van der Waals surface area contributed by atoms with Gasteiger partial charge in [-0.3, -0.25) is 0 Å². The summed E-state index contributed by atoms with van der Waals surface area (Å²) < 4.78 is 18.6. The maximum atomic E-state index is 13.4. The predicted molar refractivity (Wildman–Crippen MR) is 75.6 cm³/mol. The zero-order valence-electron chi connectivity index (χ0n) is 10.9. The molecular weight excluding hydrogens is 281 g/mol. The first-order valence-electron chi connectivity index (χ1n) is 6.94. The van der Waals surface area contributed by atoms with Gasteiger partial charge in [0, 0.05) is 12.6 Å². The monoisotopic (exact) mass is 295 g/mol. The molecule has 3 aliphatic heterocycles. The van der Waals surface area contributed by atoms with E-state index in [1.165, 1.54) is 32.0 Å². The second-order valence-electron chi connectivity index (χ2n) is 5.66. The van der Waals surface area contributed by atoms with Crippen LogP contribution in [0.25, 0.3) is 11.0 Å². The van der Waals surface area contributed by atoms with Crippen molar-refractivity contribution >= 4 is 28.4 Å². The Labute approximate surface area is 120 Å². The third kappa shape index (κ3) is 1.88. The van der Waals surface area contributed by atoms with Gasteiger partial charge in [0.1, 0.15) is 10.8 Å². The lowest BCUT2D eigenvalue weighted by atomic mass is 9.84. The van der Waals surface area contributed by atoms with Crippen molar-refractivity contribution < 1.29 is 8.91 Å². The van der Waals surface area contributed by atoms with Gasteiger partial charge in [0.05, 0.1) is 5.39 Å². The van der Waals surface area contributed by atoms with Crippen LogP contribution < -0.4 is 5.32 Å². The molecular formula is C14H15ClFN3O. The number of hydrogen-bond acceptors (Lipinski definition) is 4. The van der Waals surface area contributed by atoms with Gasteiger partial charge in [0.25, 0.3) is 0 Å². The first kappa shape index (κ1) is 12.4. The van der Waals surface area contributed by atoms with Crippen LogP contribution >= 0.6 is 11.6 Å². The molecule has 3 fully saturated rings. The highest BCUT2D eigenvalue weighted by atomic mass is 35.5. The summed E-state index contributed by atoms with van der Waals surface area (Å²) in [6, 6.07) is 3.40. The Balaban J connectivity index is 1.65. The second kappa shape index (κ2) is 4.60. The van der Waals surface area contributed by atoms with Crippen LogP contribution in [0.3, 0.4) is 0 Å². The van der Waals surface area contributed by atoms with Crippen LogP contribution in [0.4, 0.5) is 10.2 Å². The molecule has 2 aromatic rings. The molecule has 20 heavy (non-hydrogen) atoms. The maximum Gasteiger partial charge on any atom is 0.190 e. The van der Waals surface area contributed by atoms with Gasteiger partial charge in [0.15, 0.2) is 11.4 Å². The normalized spacial score (nSPS) is 29.0. The van der Waals surface area contributed by atoms with E-state index < -0.39 is 5.82 Å². The summed E-state index contributed by atoms with van der Waals surface area (Å²) in [7, 11) is 0. The summed E-state index contributed by atoms with van der Waals surface area (Å²) in [6.07, 6.45) is 2.45. The van der Waals surface area contributed by atoms with Gasteiger partial charge in [0.2, 0.25) is 0 Å². The molecule has 0 aliphatic carbocycles. The summed E-state index contributed by atoms with van der Waals surface area (Å²) in [5, 5.41) is 8.21. The lowest BCUT2D eigenvalue weighted by Crippen LogP contribution is -2.53. The highest BCUT2D eigenvalue weighted by molar-refractivity contribution is 6.35. The summed E-state index contributed by atoms with van der Waals surface area (Å²) in [5.74, 6) is 0.869. The van der Waals surface area contributed by atoms with Crippen molar-refractivity contribution in [3.63, 3.8) is 0 Å². The van der Waals surface area contributed by atoms with Crippen LogP contribution in [0.15, 0.2) is 16.7 Å². The van der Waals surface area contributed by atoms with E-state index in [2.05, 4.69) is 15.4 Å². The molecule has 1 N–H and O–H groups in total. The molecule has 0 unspecified atom stereocenters. The Morgan fingerprint density at radius 3 is 2.85 bits per heavy atom. The van der Waals surface area contributed by atoms with Crippen molar-refractivity contribution in [2.45, 2.75) is 18.9 Å². The van der Waals surface area contributed by atoms with E-state index >= 15 is 0 Å². The number of nitrogens with zero attached hydrogens (tertiary/aromatic N) is 2. The van der Waals surface area contributed by atoms with Gasteiger partial charge < -0.3 is 14.7 Å². The van der Waals surface area contributed by atoms with E-state index in [1.807, 2.05) is 0 Å². The molecule has 0 spiro atoms. The number of anilines is 1. The van der Waals surface area contributed by atoms with Crippen molar-refractivity contribution in [2.75, 3.05) is 25.0 Å². The minimum atomic E-state index is -0.482. The molecule has 2 bridgehead atoms. The molecule has 4 heterocycles. The molecule has 0 amide bonds. The lowest BCUT2D eigenvalue weighted by Gasteiger charge is -2.44. The molecule has 5 rings (SSSR count). The van der Waals surface area contributed by atoms with Gasteiger partial charge >= 0.3 is 0 Å². The Morgan fingerprint density at radius 2 is 2.15 bits per heavy atom. The van der Waals surface area contributed by atoms with Crippen molar-refractivity contribution in [3.8, 4) is 0 Å². The van der Waals surface area contributed by atoms with E-state index in [-0.39, 0.29) is 5.02 Å². The zero-order valence-corrected chi connectivity index (χ0v) is 11.7. The number of nitrogens with one attached hydrogen (secondary N) is 1. The van der Waals surface area contributed by atoms with Gasteiger partial charge in [-0.2, -0.15) is 0 Å². The van der Waals surface area contributed by atoms with Crippen molar-refractivity contribution in [3.05, 3.63) is 23.0 Å². The van der Waals surface area contributed by atoms with Crippen LogP contribution in [0.5, 0.6) is 0 Å². The predicted octanol–water partition coefficient (Wildman–Crippen LogP) is 3.13. The fraction of sp³-hybridized carbons (Fsp3) is 0.500. The van der Waals surface area contributed by atoms with Crippen LogP contribution in [0.2, 0.25) is 5.02 Å². The zero-order chi connectivity index (χ0) is 13.7. The number of benzene rings is 1. The van der Waals surface area contributed by atoms with Crippen molar-refractivity contribution in [1.29, 1.82) is 0 Å². The molecule has 1 atom stereocenters. The minimum absolute atomic E-state index is 0.00281. The molecule has 106 valence electrons. The first-order valence-corrected chi connectivity index (χ1v) is 7.32. The lowest BCUT2D eigenvalue weighted by molar-refractivity contribution is 0.0973. The molecule has 0 radical (unpaired) electrons. The topological polar surface area (TPSA) is 41.3 Å². The largest absolute Gasteiger partial charge is 0.362 e. The average Bonchev–Trinajstić information content (AvgIpc) is 2.88. The number of piperidine rings is 3. The SMILES string of the molecule is Fc1ccc2c(N[C@@H]3CN4CCC3CC4)noc2c1Cl. The first-order chi connectivity index (χ1) is 9.72.